The van der Waals surface area contributed by atoms with Crippen molar-refractivity contribution in [3.05, 3.63) is 35.4 Å². The van der Waals surface area contributed by atoms with Crippen LogP contribution in [0, 0.1) is 12.8 Å². The molecule has 2 heterocycles. The molecule has 1 N–H and O–H groups in total. The highest BCUT2D eigenvalue weighted by Gasteiger charge is 2.25. The first-order chi connectivity index (χ1) is 12.1. The number of nitrogens with one attached hydrogen (secondary N) is 1. The maximum Gasteiger partial charge on any atom is 0.253 e. The third-order valence-corrected chi connectivity index (χ3v) is 4.65. The number of piperidine rings is 1. The van der Waals surface area contributed by atoms with Gasteiger partial charge in [-0.1, -0.05) is 0 Å². The molecule has 2 aromatic rings. The molecule has 0 saturated carbocycles. The fourth-order valence-electron chi connectivity index (χ4n) is 3.23. The zero-order valence-electron chi connectivity index (χ0n) is 14.9. The van der Waals surface area contributed by atoms with Crippen molar-refractivity contribution in [2.75, 3.05) is 27.3 Å². The quantitative estimate of drug-likeness (QED) is 0.899. The first kappa shape index (κ1) is 17.3. The minimum absolute atomic E-state index is 0.0353. The maximum atomic E-state index is 12.7. The van der Waals surface area contributed by atoms with Crippen LogP contribution in [-0.4, -0.2) is 53.3 Å². The number of ether oxygens (including phenoxy) is 2. The molecule has 1 aromatic carbocycles. The molecule has 0 bridgehead atoms. The van der Waals surface area contributed by atoms with Crippen LogP contribution >= 0.6 is 0 Å². The van der Waals surface area contributed by atoms with Crippen molar-refractivity contribution in [3.63, 3.8) is 0 Å². The number of hydrogen-bond acceptors (Lipinski definition) is 5. The van der Waals surface area contributed by atoms with E-state index >= 15 is 0 Å². The van der Waals surface area contributed by atoms with E-state index in [2.05, 4.69) is 15.2 Å². The van der Waals surface area contributed by atoms with E-state index in [0.717, 1.165) is 44.0 Å². The first-order valence-electron chi connectivity index (χ1n) is 8.50. The van der Waals surface area contributed by atoms with Crippen molar-refractivity contribution >= 4 is 5.91 Å². The average molecular weight is 344 g/mol. The highest BCUT2D eigenvalue weighted by atomic mass is 16.5. The summed E-state index contributed by atoms with van der Waals surface area (Å²) in [6.45, 7) is 3.41. The summed E-state index contributed by atoms with van der Waals surface area (Å²) in [5.74, 6) is 3.46. The summed E-state index contributed by atoms with van der Waals surface area (Å²) >= 11 is 0. The molecule has 1 fully saturated rings. The SMILES string of the molecule is COc1ccc(C(=O)N2CCC(Cc3n[nH]c(C)n3)CC2)cc1OC. The molecule has 1 saturated heterocycles. The fraction of sp³-hybridized carbons (Fsp3) is 0.500. The second-order valence-corrected chi connectivity index (χ2v) is 6.35. The van der Waals surface area contributed by atoms with E-state index in [1.807, 2.05) is 11.8 Å². The molecular weight excluding hydrogens is 320 g/mol. The molecule has 1 aromatic heterocycles. The molecule has 3 rings (SSSR count). The van der Waals surface area contributed by atoms with Gasteiger partial charge in [0.2, 0.25) is 0 Å². The zero-order valence-corrected chi connectivity index (χ0v) is 14.9. The van der Waals surface area contributed by atoms with Gasteiger partial charge in [0.15, 0.2) is 17.3 Å². The molecule has 1 amide bonds. The predicted molar refractivity (Wildman–Crippen MR) is 93.0 cm³/mol. The molecule has 0 unspecified atom stereocenters. The van der Waals surface area contributed by atoms with Crippen LogP contribution in [0.3, 0.4) is 0 Å². The van der Waals surface area contributed by atoms with Crippen molar-refractivity contribution < 1.29 is 14.3 Å². The number of rotatable bonds is 5. The Morgan fingerprint density at radius 3 is 2.56 bits per heavy atom. The molecule has 7 heteroatoms. The van der Waals surface area contributed by atoms with Crippen LogP contribution in [0.5, 0.6) is 11.5 Å². The summed E-state index contributed by atoms with van der Waals surface area (Å²) in [6, 6.07) is 5.29. The smallest absolute Gasteiger partial charge is 0.253 e. The molecule has 1 aliphatic rings. The van der Waals surface area contributed by atoms with Crippen molar-refractivity contribution in [1.29, 1.82) is 0 Å². The van der Waals surface area contributed by atoms with Gasteiger partial charge in [-0.2, -0.15) is 5.10 Å². The number of carbonyl (C=O) groups is 1. The summed E-state index contributed by atoms with van der Waals surface area (Å²) in [7, 11) is 3.15. The average Bonchev–Trinajstić information content (AvgIpc) is 3.06. The summed E-state index contributed by atoms with van der Waals surface area (Å²) in [5, 5.41) is 7.08. The van der Waals surface area contributed by atoms with Crippen LogP contribution in [0.2, 0.25) is 0 Å². The number of aryl methyl sites for hydroxylation is 1. The van der Waals surface area contributed by atoms with Crippen molar-refractivity contribution in [2.45, 2.75) is 26.2 Å². The van der Waals surface area contributed by atoms with Gasteiger partial charge in [-0.3, -0.25) is 9.89 Å². The Morgan fingerprint density at radius 2 is 1.96 bits per heavy atom. The molecule has 0 aliphatic carbocycles. The number of H-pyrrole nitrogens is 1. The van der Waals surface area contributed by atoms with E-state index in [-0.39, 0.29) is 5.91 Å². The standard InChI is InChI=1S/C18H24N4O3/c1-12-19-17(21-20-12)10-13-6-8-22(9-7-13)18(23)14-4-5-15(24-2)16(11-14)25-3/h4-5,11,13H,6-10H2,1-3H3,(H,19,20,21). The number of likely N-dealkylation sites (tertiary alicyclic amines) is 1. The largest absolute Gasteiger partial charge is 0.493 e. The van der Waals surface area contributed by atoms with Crippen molar-refractivity contribution in [3.8, 4) is 11.5 Å². The van der Waals surface area contributed by atoms with Crippen LogP contribution in [0.25, 0.3) is 0 Å². The lowest BCUT2D eigenvalue weighted by Crippen LogP contribution is -2.39. The topological polar surface area (TPSA) is 80.3 Å². The second kappa shape index (κ2) is 7.55. The van der Waals surface area contributed by atoms with Crippen LogP contribution in [0.4, 0.5) is 0 Å². The number of hydrogen-bond donors (Lipinski definition) is 1. The molecule has 0 atom stereocenters. The molecule has 7 nitrogen and oxygen atoms in total. The third kappa shape index (κ3) is 3.92. The third-order valence-electron chi connectivity index (χ3n) is 4.65. The fourth-order valence-corrected chi connectivity index (χ4v) is 3.23. The molecule has 1 aliphatic heterocycles. The summed E-state index contributed by atoms with van der Waals surface area (Å²) in [6.07, 6.45) is 2.79. The molecule has 134 valence electrons. The Bertz CT molecular complexity index is 736. The normalized spacial score (nSPS) is 15.2. The molecule has 25 heavy (non-hydrogen) atoms. The minimum atomic E-state index is 0.0353. The van der Waals surface area contributed by atoms with Crippen LogP contribution in [0.1, 0.15) is 34.8 Å². The monoisotopic (exact) mass is 344 g/mol. The summed E-state index contributed by atoms with van der Waals surface area (Å²) in [5.41, 5.74) is 0.626. The van der Waals surface area contributed by atoms with Gasteiger partial charge in [-0.05, 0) is 43.9 Å². The van der Waals surface area contributed by atoms with Crippen molar-refractivity contribution in [2.24, 2.45) is 5.92 Å². The molecule has 0 spiro atoms. The highest BCUT2D eigenvalue weighted by Crippen LogP contribution is 2.29. The maximum absolute atomic E-state index is 12.7. The lowest BCUT2D eigenvalue weighted by molar-refractivity contribution is 0.0689. The van der Waals surface area contributed by atoms with Gasteiger partial charge in [-0.25, -0.2) is 4.98 Å². The van der Waals surface area contributed by atoms with Gasteiger partial charge in [0.05, 0.1) is 14.2 Å². The van der Waals surface area contributed by atoms with Gasteiger partial charge >= 0.3 is 0 Å². The van der Waals surface area contributed by atoms with Crippen LogP contribution in [-0.2, 0) is 6.42 Å². The number of amides is 1. The minimum Gasteiger partial charge on any atom is -0.493 e. The Hall–Kier alpha value is -2.57. The van der Waals surface area contributed by atoms with Gasteiger partial charge in [-0.15, -0.1) is 0 Å². The van der Waals surface area contributed by atoms with E-state index in [1.54, 1.807) is 32.4 Å². The van der Waals surface area contributed by atoms with E-state index in [9.17, 15) is 4.79 Å². The first-order valence-corrected chi connectivity index (χ1v) is 8.50. The van der Waals surface area contributed by atoms with Crippen molar-refractivity contribution in [1.82, 2.24) is 20.1 Å². The lowest BCUT2D eigenvalue weighted by Gasteiger charge is -2.31. The number of benzene rings is 1. The Labute approximate surface area is 147 Å². The number of methoxy groups -OCH3 is 2. The Morgan fingerprint density at radius 1 is 1.24 bits per heavy atom. The predicted octanol–water partition coefficient (Wildman–Crippen LogP) is 2.23. The van der Waals surface area contributed by atoms with E-state index < -0.39 is 0 Å². The van der Waals surface area contributed by atoms with Gasteiger partial charge in [0, 0.05) is 25.1 Å². The van der Waals surface area contributed by atoms with Crippen LogP contribution < -0.4 is 9.47 Å². The zero-order chi connectivity index (χ0) is 17.8. The molecular formula is C18H24N4O3. The number of carbonyl (C=O) groups excluding carboxylic acids is 1. The van der Waals surface area contributed by atoms with Gasteiger partial charge < -0.3 is 14.4 Å². The lowest BCUT2D eigenvalue weighted by atomic mass is 9.93. The second-order valence-electron chi connectivity index (χ2n) is 6.35. The Kier molecular flexibility index (Phi) is 5.21. The van der Waals surface area contributed by atoms with Gasteiger partial charge in [0.1, 0.15) is 5.82 Å². The van der Waals surface area contributed by atoms with Crippen LogP contribution in [0.15, 0.2) is 18.2 Å². The summed E-state index contributed by atoms with van der Waals surface area (Å²) in [4.78, 5) is 19.0. The number of aromatic amines is 1. The highest BCUT2D eigenvalue weighted by molar-refractivity contribution is 5.95. The van der Waals surface area contributed by atoms with E-state index in [1.165, 1.54) is 0 Å². The van der Waals surface area contributed by atoms with Gasteiger partial charge in [0.25, 0.3) is 5.91 Å². The van der Waals surface area contributed by atoms with E-state index in [4.69, 9.17) is 9.47 Å². The Balaban J connectivity index is 1.59. The summed E-state index contributed by atoms with van der Waals surface area (Å²) < 4.78 is 10.5. The number of aromatic nitrogens is 3. The van der Waals surface area contributed by atoms with E-state index in [0.29, 0.717) is 23.0 Å². The molecule has 0 radical (unpaired) electrons. The number of nitrogens with zero attached hydrogens (tertiary/aromatic N) is 3.